The third-order valence-electron chi connectivity index (χ3n) is 5.26. The largest absolute Gasteiger partial charge is 0.493 e. The maximum absolute atomic E-state index is 10.2. The van der Waals surface area contributed by atoms with Crippen molar-refractivity contribution in [3.05, 3.63) is 47.1 Å². The molecule has 0 fully saturated rings. The number of rotatable bonds is 2. The average molecular weight is 299 g/mol. The normalized spacial score (nSPS) is 29.4. The lowest BCUT2D eigenvalue weighted by molar-refractivity contribution is 0.0769. The SMILES string of the molecule is COc1cc2c(cc1OC)[C@@]13C[C@H](O)C=CC1=CCN3CC2. The molecule has 116 valence electrons. The number of benzene rings is 1. The summed E-state index contributed by atoms with van der Waals surface area (Å²) in [6.45, 7) is 1.95. The molecule has 0 radical (unpaired) electrons. The molecule has 22 heavy (non-hydrogen) atoms. The van der Waals surface area contributed by atoms with E-state index in [1.54, 1.807) is 14.2 Å². The van der Waals surface area contributed by atoms with Crippen LogP contribution in [0.4, 0.5) is 0 Å². The fourth-order valence-corrected chi connectivity index (χ4v) is 4.24. The Morgan fingerprint density at radius 1 is 1.23 bits per heavy atom. The van der Waals surface area contributed by atoms with E-state index in [0.29, 0.717) is 6.42 Å². The minimum absolute atomic E-state index is 0.207. The lowest BCUT2D eigenvalue weighted by atomic mass is 9.71. The predicted octanol–water partition coefficient (Wildman–Crippen LogP) is 2.02. The number of hydrogen-bond donors (Lipinski definition) is 1. The van der Waals surface area contributed by atoms with Gasteiger partial charge in [-0.3, -0.25) is 4.90 Å². The minimum Gasteiger partial charge on any atom is -0.493 e. The van der Waals surface area contributed by atoms with Gasteiger partial charge in [0.2, 0.25) is 0 Å². The molecule has 1 aromatic rings. The Morgan fingerprint density at radius 2 is 2.00 bits per heavy atom. The van der Waals surface area contributed by atoms with Crippen molar-refractivity contribution < 1.29 is 14.6 Å². The van der Waals surface area contributed by atoms with Gasteiger partial charge >= 0.3 is 0 Å². The highest BCUT2D eigenvalue weighted by Gasteiger charge is 2.49. The van der Waals surface area contributed by atoms with E-state index >= 15 is 0 Å². The number of methoxy groups -OCH3 is 2. The predicted molar refractivity (Wildman–Crippen MR) is 84.3 cm³/mol. The van der Waals surface area contributed by atoms with Gasteiger partial charge in [-0.15, -0.1) is 0 Å². The van der Waals surface area contributed by atoms with E-state index in [1.807, 2.05) is 6.08 Å². The smallest absolute Gasteiger partial charge is 0.161 e. The summed E-state index contributed by atoms with van der Waals surface area (Å²) in [6, 6.07) is 4.20. The number of hydrogen-bond acceptors (Lipinski definition) is 4. The summed E-state index contributed by atoms with van der Waals surface area (Å²) in [7, 11) is 3.34. The van der Waals surface area contributed by atoms with Crippen molar-refractivity contribution in [2.45, 2.75) is 24.5 Å². The number of aliphatic hydroxyl groups excluding tert-OH is 1. The molecule has 2 atom stereocenters. The zero-order valence-electron chi connectivity index (χ0n) is 13.0. The molecule has 2 aliphatic heterocycles. The maximum Gasteiger partial charge on any atom is 0.161 e. The van der Waals surface area contributed by atoms with Gasteiger partial charge in [0, 0.05) is 19.5 Å². The molecule has 1 aliphatic carbocycles. The minimum atomic E-state index is -0.406. The molecule has 3 aliphatic rings. The van der Waals surface area contributed by atoms with E-state index in [0.717, 1.165) is 31.0 Å². The second kappa shape index (κ2) is 4.86. The fraction of sp³-hybridized carbons (Fsp3) is 0.444. The zero-order chi connectivity index (χ0) is 15.3. The van der Waals surface area contributed by atoms with Crippen molar-refractivity contribution in [2.24, 2.45) is 0 Å². The van der Waals surface area contributed by atoms with Crippen molar-refractivity contribution in [3.63, 3.8) is 0 Å². The van der Waals surface area contributed by atoms with Crippen molar-refractivity contribution in [1.82, 2.24) is 4.90 Å². The van der Waals surface area contributed by atoms with Crippen LogP contribution in [0.15, 0.2) is 35.9 Å². The van der Waals surface area contributed by atoms with E-state index < -0.39 is 6.10 Å². The molecule has 4 nitrogen and oxygen atoms in total. The quantitative estimate of drug-likeness (QED) is 0.907. The van der Waals surface area contributed by atoms with Gasteiger partial charge in [-0.25, -0.2) is 0 Å². The van der Waals surface area contributed by atoms with Crippen molar-refractivity contribution >= 4 is 0 Å². The number of nitrogens with zero attached hydrogens (tertiary/aromatic N) is 1. The Kier molecular flexibility index (Phi) is 3.06. The van der Waals surface area contributed by atoms with Gasteiger partial charge in [0.1, 0.15) is 0 Å². The summed E-state index contributed by atoms with van der Waals surface area (Å²) in [5, 5.41) is 10.2. The van der Waals surface area contributed by atoms with Crippen molar-refractivity contribution in [1.29, 1.82) is 0 Å². The Morgan fingerprint density at radius 3 is 2.77 bits per heavy atom. The monoisotopic (exact) mass is 299 g/mol. The molecular weight excluding hydrogens is 278 g/mol. The first kappa shape index (κ1) is 13.9. The van der Waals surface area contributed by atoms with Gasteiger partial charge in [0.05, 0.1) is 25.9 Å². The molecule has 0 bridgehead atoms. The number of aliphatic hydroxyl groups is 1. The highest BCUT2D eigenvalue weighted by molar-refractivity contribution is 5.57. The Hall–Kier alpha value is -1.78. The van der Waals surface area contributed by atoms with Crippen LogP contribution in [-0.2, 0) is 12.0 Å². The molecular formula is C18H21NO3. The molecule has 0 amide bonds. The van der Waals surface area contributed by atoms with Crippen LogP contribution in [0.3, 0.4) is 0 Å². The van der Waals surface area contributed by atoms with Crippen LogP contribution in [-0.4, -0.2) is 43.4 Å². The molecule has 4 heteroatoms. The standard InChI is InChI=1S/C18H21NO3/c1-21-16-9-12-5-7-19-8-6-13-3-4-14(20)11-18(13,19)15(12)10-17(16)22-2/h3-4,6,9-10,14,20H,5,7-8,11H2,1-2H3/t14-,18-/m1/s1. The van der Waals surface area contributed by atoms with Gasteiger partial charge in [-0.2, -0.15) is 0 Å². The third-order valence-corrected chi connectivity index (χ3v) is 5.26. The van der Waals surface area contributed by atoms with Crippen molar-refractivity contribution in [2.75, 3.05) is 27.3 Å². The van der Waals surface area contributed by atoms with Gasteiger partial charge in [-0.05, 0) is 35.3 Å². The summed E-state index contributed by atoms with van der Waals surface area (Å²) in [6.07, 6.45) is 7.57. The van der Waals surface area contributed by atoms with Crippen LogP contribution in [0.2, 0.25) is 0 Å². The number of ether oxygens (including phenoxy) is 2. The first-order chi connectivity index (χ1) is 10.7. The molecule has 0 aromatic heterocycles. The maximum atomic E-state index is 10.2. The molecule has 0 unspecified atom stereocenters. The van der Waals surface area contributed by atoms with E-state index in [4.69, 9.17) is 9.47 Å². The summed E-state index contributed by atoms with van der Waals surface area (Å²) >= 11 is 0. The first-order valence-corrected chi connectivity index (χ1v) is 7.76. The van der Waals surface area contributed by atoms with Crippen LogP contribution < -0.4 is 9.47 Å². The molecule has 4 rings (SSSR count). The summed E-state index contributed by atoms with van der Waals surface area (Å²) in [4.78, 5) is 2.48. The molecule has 1 aromatic carbocycles. The van der Waals surface area contributed by atoms with E-state index in [2.05, 4.69) is 29.2 Å². The van der Waals surface area contributed by atoms with E-state index in [-0.39, 0.29) is 5.54 Å². The van der Waals surface area contributed by atoms with Gasteiger partial charge in [0.25, 0.3) is 0 Å². The molecule has 0 saturated heterocycles. The summed E-state index contributed by atoms with van der Waals surface area (Å²) in [5.41, 5.74) is 3.64. The van der Waals surface area contributed by atoms with Gasteiger partial charge in [0.15, 0.2) is 11.5 Å². The lowest BCUT2D eigenvalue weighted by Gasteiger charge is -2.48. The number of fused-ring (bicyclic) bond motifs is 1. The van der Waals surface area contributed by atoms with Gasteiger partial charge < -0.3 is 14.6 Å². The highest BCUT2D eigenvalue weighted by Crippen LogP contribution is 2.52. The Labute approximate surface area is 130 Å². The average Bonchev–Trinajstić information content (AvgIpc) is 2.92. The second-order valence-corrected chi connectivity index (χ2v) is 6.21. The molecule has 2 heterocycles. The van der Waals surface area contributed by atoms with E-state index in [9.17, 15) is 5.11 Å². The first-order valence-electron chi connectivity index (χ1n) is 7.76. The highest BCUT2D eigenvalue weighted by atomic mass is 16.5. The Balaban J connectivity index is 1.93. The van der Waals surface area contributed by atoms with Crippen LogP contribution in [0.5, 0.6) is 11.5 Å². The van der Waals surface area contributed by atoms with Crippen LogP contribution in [0.25, 0.3) is 0 Å². The molecule has 1 spiro atoms. The zero-order valence-corrected chi connectivity index (χ0v) is 13.0. The lowest BCUT2D eigenvalue weighted by Crippen LogP contribution is -2.51. The second-order valence-electron chi connectivity index (χ2n) is 6.21. The topological polar surface area (TPSA) is 41.9 Å². The van der Waals surface area contributed by atoms with Crippen LogP contribution in [0.1, 0.15) is 17.5 Å². The Bertz CT molecular complexity index is 679. The van der Waals surface area contributed by atoms with Crippen LogP contribution >= 0.6 is 0 Å². The van der Waals surface area contributed by atoms with E-state index in [1.165, 1.54) is 16.7 Å². The van der Waals surface area contributed by atoms with Crippen molar-refractivity contribution in [3.8, 4) is 11.5 Å². The summed E-state index contributed by atoms with van der Waals surface area (Å²) < 4.78 is 11.0. The molecule has 0 saturated carbocycles. The summed E-state index contributed by atoms with van der Waals surface area (Å²) in [5.74, 6) is 1.54. The fourth-order valence-electron chi connectivity index (χ4n) is 4.24. The van der Waals surface area contributed by atoms with Crippen LogP contribution in [0, 0.1) is 0 Å². The van der Waals surface area contributed by atoms with Gasteiger partial charge in [-0.1, -0.05) is 18.2 Å². The third kappa shape index (κ3) is 1.71. The molecule has 1 N–H and O–H groups in total.